The molecule has 0 radical (unpaired) electrons. The molecule has 31 heavy (non-hydrogen) atoms. The van der Waals surface area contributed by atoms with Crippen molar-refractivity contribution in [2.24, 2.45) is 11.8 Å². The van der Waals surface area contributed by atoms with Gasteiger partial charge in [0.1, 0.15) is 5.54 Å². The number of benzene rings is 2. The van der Waals surface area contributed by atoms with Crippen molar-refractivity contribution >= 4 is 45.0 Å². The summed E-state index contributed by atoms with van der Waals surface area (Å²) < 4.78 is 0.805. The van der Waals surface area contributed by atoms with Gasteiger partial charge >= 0.3 is 0 Å². The van der Waals surface area contributed by atoms with Crippen molar-refractivity contribution in [2.45, 2.75) is 31.3 Å². The van der Waals surface area contributed by atoms with Crippen LogP contribution in [0.1, 0.15) is 25.3 Å². The number of hydrogen-bond donors (Lipinski definition) is 0. The molecular weight excluding hydrogens is 458 g/mol. The first-order valence-electron chi connectivity index (χ1n) is 10.8. The Balaban J connectivity index is 1.58. The highest BCUT2D eigenvalue weighted by molar-refractivity contribution is 9.10. The summed E-state index contributed by atoms with van der Waals surface area (Å²) >= 11 is 3.45. The molecule has 0 aliphatic carbocycles. The third-order valence-electron chi connectivity index (χ3n) is 7.53. The molecular formula is C24H22BrN3O3. The predicted octanol–water partition coefficient (Wildman–Crippen LogP) is 3.29. The number of imide groups is 1. The standard InChI is InChI=1S/C24H22BrN3O3/c1-2-26-17-10-4-3-9-16(17)24(23(26)31)20-19(18-11-6-12-27(18)24)21(29)28(22(20)30)15-8-5-7-14(25)13-15/h3-5,7-10,13,18-20H,2,6,11-12H2,1H3/t18-,19-,20-,24-/m0/s1. The lowest BCUT2D eigenvalue weighted by atomic mass is 9.75. The van der Waals surface area contributed by atoms with Gasteiger partial charge in [-0.1, -0.05) is 40.2 Å². The first-order valence-corrected chi connectivity index (χ1v) is 11.6. The molecule has 0 bridgehead atoms. The monoisotopic (exact) mass is 479 g/mol. The minimum absolute atomic E-state index is 0.0622. The molecule has 0 saturated carbocycles. The van der Waals surface area contributed by atoms with Crippen molar-refractivity contribution in [3.63, 3.8) is 0 Å². The SMILES string of the molecule is CCN1C(=O)[C@]2(c3ccccc31)[C@@H]1C(=O)N(c3cccc(Br)c3)C(=O)[C@H]1[C@@H]1CCCN12. The Morgan fingerprint density at radius 3 is 2.65 bits per heavy atom. The fourth-order valence-corrected chi connectivity index (χ4v) is 6.91. The van der Waals surface area contributed by atoms with E-state index in [-0.39, 0.29) is 23.8 Å². The molecule has 4 atom stereocenters. The average molecular weight is 480 g/mol. The number of para-hydroxylation sites is 1. The van der Waals surface area contributed by atoms with Gasteiger partial charge in [-0.05, 0) is 50.6 Å². The summed E-state index contributed by atoms with van der Waals surface area (Å²) in [6.45, 7) is 3.22. The summed E-state index contributed by atoms with van der Waals surface area (Å²) in [5, 5.41) is 0. The van der Waals surface area contributed by atoms with Crippen LogP contribution >= 0.6 is 15.9 Å². The maximum Gasteiger partial charge on any atom is 0.253 e. The summed E-state index contributed by atoms with van der Waals surface area (Å²) in [5.41, 5.74) is 1.21. The van der Waals surface area contributed by atoms with Gasteiger partial charge < -0.3 is 4.90 Å². The molecule has 2 aromatic rings. The van der Waals surface area contributed by atoms with Crippen LogP contribution in [0.25, 0.3) is 0 Å². The number of nitrogens with zero attached hydrogens (tertiary/aromatic N) is 3. The first-order chi connectivity index (χ1) is 15.0. The molecule has 0 N–H and O–H groups in total. The third kappa shape index (κ3) is 2.18. The van der Waals surface area contributed by atoms with E-state index in [1.165, 1.54) is 4.90 Å². The number of carbonyl (C=O) groups is 3. The summed E-state index contributed by atoms with van der Waals surface area (Å²) in [4.78, 5) is 47.0. The molecule has 7 heteroatoms. The highest BCUT2D eigenvalue weighted by atomic mass is 79.9. The van der Waals surface area contributed by atoms with Crippen molar-refractivity contribution in [3.8, 4) is 0 Å². The topological polar surface area (TPSA) is 60.9 Å². The van der Waals surface area contributed by atoms with E-state index < -0.39 is 17.4 Å². The quantitative estimate of drug-likeness (QED) is 0.620. The molecule has 4 aliphatic rings. The van der Waals surface area contributed by atoms with Crippen LogP contribution < -0.4 is 9.80 Å². The van der Waals surface area contributed by atoms with Crippen molar-refractivity contribution in [1.82, 2.24) is 4.90 Å². The number of halogens is 1. The van der Waals surface area contributed by atoms with Gasteiger partial charge in [-0.3, -0.25) is 19.3 Å². The van der Waals surface area contributed by atoms with Crippen molar-refractivity contribution in [1.29, 1.82) is 0 Å². The average Bonchev–Trinajstić information content (AvgIpc) is 3.45. The molecule has 6 rings (SSSR count). The van der Waals surface area contributed by atoms with Crippen molar-refractivity contribution < 1.29 is 14.4 Å². The molecule has 4 aliphatic heterocycles. The second-order valence-electron chi connectivity index (χ2n) is 8.73. The van der Waals surface area contributed by atoms with Crippen LogP contribution in [-0.2, 0) is 19.9 Å². The van der Waals surface area contributed by atoms with E-state index in [0.29, 0.717) is 12.2 Å². The van der Waals surface area contributed by atoms with E-state index >= 15 is 0 Å². The van der Waals surface area contributed by atoms with E-state index in [0.717, 1.165) is 35.1 Å². The molecule has 1 spiro atoms. The lowest BCUT2D eigenvalue weighted by Gasteiger charge is -2.37. The number of fused-ring (bicyclic) bond motifs is 7. The number of anilines is 2. The van der Waals surface area contributed by atoms with Crippen LogP contribution in [0.4, 0.5) is 11.4 Å². The number of hydrogen-bond acceptors (Lipinski definition) is 4. The van der Waals surface area contributed by atoms with Gasteiger partial charge in [0, 0.05) is 28.3 Å². The highest BCUT2D eigenvalue weighted by Crippen LogP contribution is 2.61. The van der Waals surface area contributed by atoms with Crippen LogP contribution in [0.5, 0.6) is 0 Å². The second kappa shape index (κ2) is 6.50. The number of rotatable bonds is 2. The van der Waals surface area contributed by atoms with Crippen LogP contribution in [0.2, 0.25) is 0 Å². The zero-order chi connectivity index (χ0) is 21.5. The van der Waals surface area contributed by atoms with Crippen LogP contribution in [-0.4, -0.2) is 41.8 Å². The smallest absolute Gasteiger partial charge is 0.253 e. The molecule has 3 saturated heterocycles. The van der Waals surface area contributed by atoms with Gasteiger partial charge in [0.25, 0.3) is 5.91 Å². The van der Waals surface area contributed by atoms with Gasteiger partial charge in [0.15, 0.2) is 0 Å². The Morgan fingerprint density at radius 2 is 1.87 bits per heavy atom. The van der Waals surface area contributed by atoms with E-state index in [1.807, 2.05) is 43.3 Å². The van der Waals surface area contributed by atoms with Crippen LogP contribution in [0.3, 0.4) is 0 Å². The summed E-state index contributed by atoms with van der Waals surface area (Å²) in [7, 11) is 0. The maximum atomic E-state index is 14.0. The van der Waals surface area contributed by atoms with Crippen LogP contribution in [0.15, 0.2) is 53.0 Å². The Hall–Kier alpha value is -2.51. The van der Waals surface area contributed by atoms with E-state index in [1.54, 1.807) is 17.0 Å². The molecule has 158 valence electrons. The van der Waals surface area contributed by atoms with Gasteiger partial charge in [0.2, 0.25) is 11.8 Å². The number of amides is 3. The Kier molecular flexibility index (Phi) is 4.02. The minimum atomic E-state index is -1.09. The molecule has 3 fully saturated rings. The van der Waals surface area contributed by atoms with Crippen molar-refractivity contribution in [2.75, 3.05) is 22.9 Å². The maximum absolute atomic E-state index is 14.0. The fourth-order valence-electron chi connectivity index (χ4n) is 6.52. The Labute approximate surface area is 188 Å². The highest BCUT2D eigenvalue weighted by Gasteiger charge is 2.75. The fraction of sp³-hybridized carbons (Fsp3) is 0.375. The van der Waals surface area contributed by atoms with Crippen molar-refractivity contribution in [3.05, 3.63) is 58.6 Å². The molecule has 2 aromatic carbocycles. The second-order valence-corrected chi connectivity index (χ2v) is 9.65. The molecule has 4 heterocycles. The zero-order valence-electron chi connectivity index (χ0n) is 17.1. The summed E-state index contributed by atoms with van der Waals surface area (Å²) in [6, 6.07) is 15.0. The minimum Gasteiger partial charge on any atom is -0.310 e. The van der Waals surface area contributed by atoms with Gasteiger partial charge in [0.05, 0.1) is 17.5 Å². The van der Waals surface area contributed by atoms with Gasteiger partial charge in [-0.2, -0.15) is 0 Å². The molecule has 3 amide bonds. The van der Waals surface area contributed by atoms with E-state index in [9.17, 15) is 14.4 Å². The van der Waals surface area contributed by atoms with E-state index in [4.69, 9.17) is 0 Å². The molecule has 0 unspecified atom stereocenters. The van der Waals surface area contributed by atoms with Crippen LogP contribution in [0, 0.1) is 11.8 Å². The lowest BCUT2D eigenvalue weighted by molar-refractivity contribution is -0.137. The summed E-state index contributed by atoms with van der Waals surface area (Å²) in [5.74, 6) is -1.70. The lowest BCUT2D eigenvalue weighted by Crippen LogP contribution is -2.56. The third-order valence-corrected chi connectivity index (χ3v) is 8.02. The molecule has 0 aromatic heterocycles. The Bertz CT molecular complexity index is 1150. The first kappa shape index (κ1) is 19.2. The number of likely N-dealkylation sites (N-methyl/N-ethyl adjacent to an activating group) is 1. The molecule has 6 nitrogen and oxygen atoms in total. The predicted molar refractivity (Wildman–Crippen MR) is 119 cm³/mol. The largest absolute Gasteiger partial charge is 0.310 e. The van der Waals surface area contributed by atoms with Gasteiger partial charge in [-0.15, -0.1) is 0 Å². The Morgan fingerprint density at radius 1 is 1.06 bits per heavy atom. The van der Waals surface area contributed by atoms with E-state index in [2.05, 4.69) is 20.8 Å². The van der Waals surface area contributed by atoms with Gasteiger partial charge in [-0.25, -0.2) is 4.90 Å². The summed E-state index contributed by atoms with van der Waals surface area (Å²) in [6.07, 6.45) is 1.76. The zero-order valence-corrected chi connectivity index (χ0v) is 18.7. The number of carbonyl (C=O) groups excluding carboxylic acids is 3. The normalized spacial score (nSPS) is 31.7.